The highest BCUT2D eigenvalue weighted by Crippen LogP contribution is 1.93. The molecule has 6 heteroatoms. The van der Waals surface area contributed by atoms with Crippen molar-refractivity contribution in [2.75, 3.05) is 14.2 Å². The van der Waals surface area contributed by atoms with Crippen molar-refractivity contribution >= 4 is 11.7 Å². The fourth-order valence-corrected chi connectivity index (χ4v) is 0.633. The molecule has 70 valence electrons. The molecule has 0 atom stereocenters. The quantitative estimate of drug-likeness (QED) is 0.348. The first-order valence-electron chi connectivity index (χ1n) is 3.27. The lowest BCUT2D eigenvalue weighted by Gasteiger charge is -2.11. The Bertz CT molecular complexity index is 177. The highest BCUT2D eigenvalue weighted by atomic mass is 16.7. The van der Waals surface area contributed by atoms with Gasteiger partial charge in [-0.15, -0.1) is 0 Å². The average Bonchev–Trinajstić information content (AvgIpc) is 2.03. The van der Waals surface area contributed by atoms with Gasteiger partial charge >= 0.3 is 6.03 Å². The molecule has 0 saturated heterocycles. The summed E-state index contributed by atoms with van der Waals surface area (Å²) in [6, 6.07) is -0.722. The van der Waals surface area contributed by atoms with E-state index >= 15 is 0 Å². The standard InChI is InChI=1S/C6H13N3O3/c1-4(5(11-2)12-3)8-9-6(7)10/h5H,1-3H3,(H3,7,9,10)/b8-4+. The van der Waals surface area contributed by atoms with Crippen LogP contribution in [0.3, 0.4) is 0 Å². The molecule has 0 saturated carbocycles. The number of ether oxygens (including phenoxy) is 2. The van der Waals surface area contributed by atoms with Crippen molar-refractivity contribution in [1.82, 2.24) is 5.43 Å². The van der Waals surface area contributed by atoms with Crippen LogP contribution in [0.25, 0.3) is 0 Å². The maximum atomic E-state index is 10.2. The number of primary amides is 1. The highest BCUT2D eigenvalue weighted by molar-refractivity contribution is 5.86. The van der Waals surface area contributed by atoms with Crippen LogP contribution >= 0.6 is 0 Å². The molecule has 0 aliphatic rings. The van der Waals surface area contributed by atoms with Crippen LogP contribution in [0.15, 0.2) is 5.10 Å². The summed E-state index contributed by atoms with van der Waals surface area (Å²) in [5.41, 5.74) is 7.33. The molecule has 0 radical (unpaired) electrons. The molecule has 0 aromatic carbocycles. The zero-order chi connectivity index (χ0) is 9.56. The van der Waals surface area contributed by atoms with E-state index in [1.165, 1.54) is 14.2 Å². The second-order valence-electron chi connectivity index (χ2n) is 2.03. The monoisotopic (exact) mass is 175 g/mol. The third-order valence-corrected chi connectivity index (χ3v) is 1.11. The summed E-state index contributed by atoms with van der Waals surface area (Å²) in [4.78, 5) is 10.2. The molecular formula is C6H13N3O3. The second-order valence-corrected chi connectivity index (χ2v) is 2.03. The molecule has 0 aromatic rings. The first-order chi connectivity index (χ1) is 5.61. The van der Waals surface area contributed by atoms with E-state index in [0.717, 1.165) is 0 Å². The number of carbonyl (C=O) groups excluding carboxylic acids is 1. The van der Waals surface area contributed by atoms with Crippen molar-refractivity contribution in [3.05, 3.63) is 0 Å². The van der Waals surface area contributed by atoms with Gasteiger partial charge in [-0.1, -0.05) is 0 Å². The van der Waals surface area contributed by atoms with E-state index in [2.05, 4.69) is 10.5 Å². The average molecular weight is 175 g/mol. The summed E-state index contributed by atoms with van der Waals surface area (Å²) in [5, 5.41) is 3.61. The number of amides is 2. The van der Waals surface area contributed by atoms with E-state index in [1.807, 2.05) is 0 Å². The molecule has 0 aliphatic carbocycles. The molecule has 0 bridgehead atoms. The van der Waals surface area contributed by atoms with Gasteiger partial charge in [0.15, 0.2) is 6.29 Å². The van der Waals surface area contributed by atoms with Crippen molar-refractivity contribution in [3.8, 4) is 0 Å². The molecule has 12 heavy (non-hydrogen) atoms. The minimum absolute atomic E-state index is 0.485. The van der Waals surface area contributed by atoms with Crippen molar-refractivity contribution in [3.63, 3.8) is 0 Å². The number of methoxy groups -OCH3 is 2. The van der Waals surface area contributed by atoms with E-state index in [1.54, 1.807) is 6.92 Å². The van der Waals surface area contributed by atoms with Crippen molar-refractivity contribution in [2.45, 2.75) is 13.2 Å². The lowest BCUT2D eigenvalue weighted by atomic mass is 10.4. The van der Waals surface area contributed by atoms with Crippen LogP contribution in [-0.2, 0) is 9.47 Å². The van der Waals surface area contributed by atoms with Gasteiger partial charge in [-0.2, -0.15) is 5.10 Å². The number of urea groups is 1. The molecule has 0 unspecified atom stereocenters. The number of rotatable bonds is 4. The fraction of sp³-hybridized carbons (Fsp3) is 0.667. The van der Waals surface area contributed by atoms with Crippen molar-refractivity contribution in [1.29, 1.82) is 0 Å². The maximum Gasteiger partial charge on any atom is 0.332 e. The molecule has 2 amide bonds. The van der Waals surface area contributed by atoms with Crippen molar-refractivity contribution in [2.24, 2.45) is 10.8 Å². The SMILES string of the molecule is COC(OC)/C(C)=N/NC(N)=O. The van der Waals surface area contributed by atoms with Crippen LogP contribution < -0.4 is 11.2 Å². The Morgan fingerprint density at radius 1 is 1.50 bits per heavy atom. The van der Waals surface area contributed by atoms with E-state index in [4.69, 9.17) is 15.2 Å². The zero-order valence-corrected chi connectivity index (χ0v) is 7.33. The molecule has 0 aromatic heterocycles. The van der Waals surface area contributed by atoms with Crippen LogP contribution in [0, 0.1) is 0 Å². The molecule has 0 aliphatic heterocycles. The second kappa shape index (κ2) is 5.50. The molecular weight excluding hydrogens is 162 g/mol. The summed E-state index contributed by atoms with van der Waals surface area (Å²) in [5.74, 6) is 0. The normalized spacial score (nSPS) is 11.8. The summed E-state index contributed by atoms with van der Waals surface area (Å²) in [6.45, 7) is 1.65. The number of hydrogen-bond donors (Lipinski definition) is 2. The Balaban J connectivity index is 4.04. The van der Waals surface area contributed by atoms with Gasteiger partial charge in [0.1, 0.15) is 0 Å². The van der Waals surface area contributed by atoms with Crippen LogP contribution in [0.2, 0.25) is 0 Å². The number of nitrogens with zero attached hydrogens (tertiary/aromatic N) is 1. The Kier molecular flexibility index (Phi) is 4.98. The van der Waals surface area contributed by atoms with E-state index < -0.39 is 12.3 Å². The van der Waals surface area contributed by atoms with Crippen LogP contribution in [0.1, 0.15) is 6.92 Å². The Labute approximate surface area is 70.7 Å². The molecule has 0 fully saturated rings. The number of hydrogen-bond acceptors (Lipinski definition) is 4. The van der Waals surface area contributed by atoms with E-state index in [-0.39, 0.29) is 0 Å². The van der Waals surface area contributed by atoms with Crippen molar-refractivity contribution < 1.29 is 14.3 Å². The number of nitrogens with one attached hydrogen (secondary N) is 1. The Hall–Kier alpha value is -1.14. The topological polar surface area (TPSA) is 85.9 Å². The highest BCUT2D eigenvalue weighted by Gasteiger charge is 2.08. The summed E-state index contributed by atoms with van der Waals surface area (Å²) in [6.07, 6.45) is -0.558. The van der Waals surface area contributed by atoms with Crippen LogP contribution in [0.5, 0.6) is 0 Å². The third kappa shape index (κ3) is 3.89. The fourth-order valence-electron chi connectivity index (χ4n) is 0.633. The zero-order valence-electron chi connectivity index (χ0n) is 7.33. The Morgan fingerprint density at radius 2 is 2.00 bits per heavy atom. The van der Waals surface area contributed by atoms with E-state index in [0.29, 0.717) is 5.71 Å². The number of nitrogens with two attached hydrogens (primary N) is 1. The first kappa shape index (κ1) is 10.9. The minimum atomic E-state index is -0.722. The molecule has 6 nitrogen and oxygen atoms in total. The van der Waals surface area contributed by atoms with Gasteiger partial charge in [0.05, 0.1) is 5.71 Å². The lowest BCUT2D eigenvalue weighted by Crippen LogP contribution is -2.29. The van der Waals surface area contributed by atoms with Crippen LogP contribution in [-0.4, -0.2) is 32.3 Å². The van der Waals surface area contributed by atoms with Gasteiger partial charge in [-0.05, 0) is 6.92 Å². The van der Waals surface area contributed by atoms with Gasteiger partial charge in [0.25, 0.3) is 0 Å². The summed E-state index contributed by atoms with van der Waals surface area (Å²) >= 11 is 0. The Morgan fingerprint density at radius 3 is 2.33 bits per heavy atom. The largest absolute Gasteiger partial charge is 0.351 e. The molecule has 0 rings (SSSR count). The number of hydrazone groups is 1. The van der Waals surface area contributed by atoms with Gasteiger partial charge < -0.3 is 15.2 Å². The van der Waals surface area contributed by atoms with Crippen LogP contribution in [0.4, 0.5) is 4.79 Å². The van der Waals surface area contributed by atoms with Gasteiger partial charge in [-0.25, -0.2) is 10.2 Å². The minimum Gasteiger partial charge on any atom is -0.351 e. The van der Waals surface area contributed by atoms with Gasteiger partial charge in [0, 0.05) is 14.2 Å². The van der Waals surface area contributed by atoms with Gasteiger partial charge in [0.2, 0.25) is 0 Å². The van der Waals surface area contributed by atoms with E-state index in [9.17, 15) is 4.79 Å². The predicted molar refractivity (Wildman–Crippen MR) is 43.6 cm³/mol. The smallest absolute Gasteiger partial charge is 0.332 e. The first-order valence-corrected chi connectivity index (χ1v) is 3.27. The third-order valence-electron chi connectivity index (χ3n) is 1.11. The predicted octanol–water partition coefficient (Wildman–Crippen LogP) is -0.351. The molecule has 3 N–H and O–H groups in total. The summed E-state index contributed by atoms with van der Waals surface area (Å²) in [7, 11) is 2.94. The number of carbonyl (C=O) groups is 1. The molecule has 0 heterocycles. The van der Waals surface area contributed by atoms with Gasteiger partial charge in [-0.3, -0.25) is 0 Å². The maximum absolute atomic E-state index is 10.2. The summed E-state index contributed by atoms with van der Waals surface area (Å²) < 4.78 is 9.70. The lowest BCUT2D eigenvalue weighted by molar-refractivity contribution is -0.0525. The molecule has 0 spiro atoms.